The fourth-order valence-corrected chi connectivity index (χ4v) is 2.28. The van der Waals surface area contributed by atoms with Crippen LogP contribution in [0.15, 0.2) is 30.5 Å². The lowest BCUT2D eigenvalue weighted by Gasteiger charge is -2.19. The number of para-hydroxylation sites is 1. The number of ether oxygens (including phenoxy) is 1. The van der Waals surface area contributed by atoms with Gasteiger partial charge in [-0.25, -0.2) is 0 Å². The van der Waals surface area contributed by atoms with Crippen LogP contribution in [0.5, 0.6) is 5.75 Å². The topological polar surface area (TPSA) is 21.3 Å². The SMILES string of the molecule is Cc1cccc2c1OC1C=CNCC21. The molecule has 1 N–H and O–H groups in total. The Kier molecular flexibility index (Phi) is 1.57. The van der Waals surface area contributed by atoms with E-state index in [2.05, 4.69) is 36.5 Å². The van der Waals surface area contributed by atoms with Crippen molar-refractivity contribution in [3.8, 4) is 5.75 Å². The van der Waals surface area contributed by atoms with Crippen molar-refractivity contribution in [2.75, 3.05) is 6.54 Å². The molecule has 2 aliphatic rings. The van der Waals surface area contributed by atoms with E-state index < -0.39 is 0 Å². The van der Waals surface area contributed by atoms with Gasteiger partial charge in [0.25, 0.3) is 0 Å². The molecule has 72 valence electrons. The monoisotopic (exact) mass is 187 g/mol. The van der Waals surface area contributed by atoms with Gasteiger partial charge in [0.1, 0.15) is 11.9 Å². The third kappa shape index (κ3) is 0.969. The maximum atomic E-state index is 5.91. The quantitative estimate of drug-likeness (QED) is 0.670. The maximum Gasteiger partial charge on any atom is 0.127 e. The van der Waals surface area contributed by atoms with Gasteiger partial charge < -0.3 is 10.1 Å². The van der Waals surface area contributed by atoms with Gasteiger partial charge in [-0.05, 0) is 24.8 Å². The van der Waals surface area contributed by atoms with Crippen LogP contribution < -0.4 is 10.1 Å². The van der Waals surface area contributed by atoms with Crippen molar-refractivity contribution in [2.45, 2.75) is 18.9 Å². The Morgan fingerprint density at radius 3 is 3.29 bits per heavy atom. The van der Waals surface area contributed by atoms with Crippen LogP contribution in [-0.2, 0) is 0 Å². The molecule has 0 fully saturated rings. The normalized spacial score (nSPS) is 27.5. The lowest BCUT2D eigenvalue weighted by Crippen LogP contribution is -2.29. The minimum absolute atomic E-state index is 0.243. The Morgan fingerprint density at radius 2 is 2.36 bits per heavy atom. The molecule has 0 spiro atoms. The number of rotatable bonds is 0. The largest absolute Gasteiger partial charge is 0.485 e. The van der Waals surface area contributed by atoms with Crippen molar-refractivity contribution < 1.29 is 4.74 Å². The van der Waals surface area contributed by atoms with Gasteiger partial charge in [0, 0.05) is 18.0 Å². The van der Waals surface area contributed by atoms with Crippen LogP contribution in [0.2, 0.25) is 0 Å². The average Bonchev–Trinajstić information content (AvgIpc) is 2.59. The first-order valence-electron chi connectivity index (χ1n) is 5.02. The van der Waals surface area contributed by atoms with E-state index in [4.69, 9.17) is 4.74 Å². The summed E-state index contributed by atoms with van der Waals surface area (Å²) in [5.41, 5.74) is 2.59. The Balaban J connectivity index is 2.11. The van der Waals surface area contributed by atoms with Gasteiger partial charge in [-0.3, -0.25) is 0 Å². The highest BCUT2D eigenvalue weighted by Crippen LogP contribution is 2.41. The van der Waals surface area contributed by atoms with Gasteiger partial charge in [0.2, 0.25) is 0 Å². The molecule has 2 heteroatoms. The molecular weight excluding hydrogens is 174 g/mol. The summed E-state index contributed by atoms with van der Waals surface area (Å²) in [7, 11) is 0. The van der Waals surface area contributed by atoms with Gasteiger partial charge in [-0.15, -0.1) is 0 Å². The zero-order chi connectivity index (χ0) is 9.54. The van der Waals surface area contributed by atoms with E-state index >= 15 is 0 Å². The molecule has 0 radical (unpaired) electrons. The molecule has 1 aromatic carbocycles. The molecule has 2 aliphatic heterocycles. The Labute approximate surface area is 83.6 Å². The molecule has 1 aromatic rings. The molecule has 0 saturated heterocycles. The van der Waals surface area contributed by atoms with E-state index in [0.717, 1.165) is 12.3 Å². The van der Waals surface area contributed by atoms with Crippen molar-refractivity contribution in [1.82, 2.24) is 5.32 Å². The van der Waals surface area contributed by atoms with Crippen LogP contribution in [0.3, 0.4) is 0 Å². The van der Waals surface area contributed by atoms with Crippen molar-refractivity contribution in [3.05, 3.63) is 41.6 Å². The summed E-state index contributed by atoms with van der Waals surface area (Å²) < 4.78 is 5.91. The Morgan fingerprint density at radius 1 is 1.43 bits per heavy atom. The molecule has 2 atom stereocenters. The van der Waals surface area contributed by atoms with Crippen LogP contribution in [0.25, 0.3) is 0 Å². The van der Waals surface area contributed by atoms with Gasteiger partial charge in [-0.2, -0.15) is 0 Å². The first kappa shape index (κ1) is 7.92. The van der Waals surface area contributed by atoms with E-state index in [1.54, 1.807) is 0 Å². The minimum Gasteiger partial charge on any atom is -0.485 e. The van der Waals surface area contributed by atoms with Crippen LogP contribution >= 0.6 is 0 Å². The molecular formula is C12H13NO. The smallest absolute Gasteiger partial charge is 0.127 e. The third-order valence-electron chi connectivity index (χ3n) is 3.03. The number of fused-ring (bicyclic) bond motifs is 3. The number of benzene rings is 1. The molecule has 0 bridgehead atoms. The van der Waals surface area contributed by atoms with Gasteiger partial charge in [0.15, 0.2) is 0 Å². The van der Waals surface area contributed by atoms with E-state index in [9.17, 15) is 0 Å². The predicted octanol–water partition coefficient (Wildman–Crippen LogP) is 1.96. The fraction of sp³-hybridized carbons (Fsp3) is 0.333. The van der Waals surface area contributed by atoms with Crippen LogP contribution in [0, 0.1) is 6.92 Å². The molecule has 0 aliphatic carbocycles. The summed E-state index contributed by atoms with van der Waals surface area (Å²) in [6.45, 7) is 3.09. The lowest BCUT2D eigenvalue weighted by molar-refractivity contribution is 0.246. The van der Waals surface area contributed by atoms with Crippen molar-refractivity contribution in [3.63, 3.8) is 0 Å². The van der Waals surface area contributed by atoms with E-state index in [1.165, 1.54) is 11.1 Å². The van der Waals surface area contributed by atoms with Crippen LogP contribution in [-0.4, -0.2) is 12.6 Å². The van der Waals surface area contributed by atoms with Crippen molar-refractivity contribution in [1.29, 1.82) is 0 Å². The molecule has 2 heterocycles. The van der Waals surface area contributed by atoms with Crippen LogP contribution in [0.4, 0.5) is 0 Å². The highest BCUT2D eigenvalue weighted by atomic mass is 16.5. The van der Waals surface area contributed by atoms with Crippen molar-refractivity contribution >= 4 is 0 Å². The van der Waals surface area contributed by atoms with Crippen LogP contribution in [0.1, 0.15) is 17.0 Å². The highest BCUT2D eigenvalue weighted by Gasteiger charge is 2.34. The molecule has 0 saturated carbocycles. The maximum absolute atomic E-state index is 5.91. The molecule has 14 heavy (non-hydrogen) atoms. The summed E-state index contributed by atoms with van der Waals surface area (Å²) in [5, 5.41) is 3.26. The Hall–Kier alpha value is -1.44. The number of nitrogens with one attached hydrogen (secondary N) is 1. The average molecular weight is 187 g/mol. The zero-order valence-electron chi connectivity index (χ0n) is 8.16. The second-order valence-corrected chi connectivity index (χ2v) is 3.95. The van der Waals surface area contributed by atoms with E-state index in [0.29, 0.717) is 5.92 Å². The highest BCUT2D eigenvalue weighted by molar-refractivity contribution is 5.48. The van der Waals surface area contributed by atoms with E-state index in [1.807, 2.05) is 6.20 Å². The molecule has 0 aromatic heterocycles. The number of hydrogen-bond donors (Lipinski definition) is 1. The molecule has 2 unspecified atom stereocenters. The first-order valence-corrected chi connectivity index (χ1v) is 5.02. The van der Waals surface area contributed by atoms with Gasteiger partial charge in [0.05, 0.1) is 0 Å². The fourth-order valence-electron chi connectivity index (χ4n) is 2.28. The standard InChI is InChI=1S/C12H13NO/c1-8-3-2-4-9-10-7-13-6-5-11(10)14-12(8)9/h2-6,10-11,13H,7H2,1H3. The lowest BCUT2D eigenvalue weighted by atomic mass is 9.93. The summed E-state index contributed by atoms with van der Waals surface area (Å²) in [5.74, 6) is 1.59. The Bertz CT molecular complexity index is 397. The first-order chi connectivity index (χ1) is 6.86. The van der Waals surface area contributed by atoms with Gasteiger partial charge in [-0.1, -0.05) is 18.2 Å². The minimum atomic E-state index is 0.243. The van der Waals surface area contributed by atoms with Gasteiger partial charge >= 0.3 is 0 Å². The summed E-state index contributed by atoms with van der Waals surface area (Å²) in [4.78, 5) is 0. The number of aryl methyl sites for hydroxylation is 1. The predicted molar refractivity (Wildman–Crippen MR) is 55.5 cm³/mol. The second kappa shape index (κ2) is 2.77. The summed E-state index contributed by atoms with van der Waals surface area (Å²) in [6, 6.07) is 6.39. The van der Waals surface area contributed by atoms with E-state index in [-0.39, 0.29) is 6.10 Å². The molecule has 0 amide bonds. The second-order valence-electron chi connectivity index (χ2n) is 3.95. The number of hydrogen-bond acceptors (Lipinski definition) is 2. The van der Waals surface area contributed by atoms with Crippen molar-refractivity contribution in [2.24, 2.45) is 0 Å². The third-order valence-corrected chi connectivity index (χ3v) is 3.03. The zero-order valence-corrected chi connectivity index (χ0v) is 8.16. The summed E-state index contributed by atoms with van der Waals surface area (Å²) >= 11 is 0. The molecule has 3 rings (SSSR count). The molecule has 2 nitrogen and oxygen atoms in total. The summed E-state index contributed by atoms with van der Waals surface area (Å²) in [6.07, 6.45) is 4.34.